The molecule has 1 heterocycles. The van der Waals surface area contributed by atoms with Crippen LogP contribution < -0.4 is 0 Å². The number of allylic oxidation sites excluding steroid dienone is 1. The van der Waals surface area contributed by atoms with Crippen LogP contribution in [-0.2, 0) is 28.6 Å². The first-order valence-corrected chi connectivity index (χ1v) is 9.22. The summed E-state index contributed by atoms with van der Waals surface area (Å²) in [7, 11) is 1.42. The van der Waals surface area contributed by atoms with Gasteiger partial charge in [-0.1, -0.05) is 19.9 Å². The molecule has 0 amide bonds. The lowest BCUT2D eigenvalue weighted by Crippen LogP contribution is -2.56. The van der Waals surface area contributed by atoms with Gasteiger partial charge in [0.2, 0.25) is 0 Å². The lowest BCUT2D eigenvalue weighted by molar-refractivity contribution is -0.187. The molecule has 0 aromatic rings. The van der Waals surface area contributed by atoms with Gasteiger partial charge in [0.25, 0.3) is 5.79 Å². The van der Waals surface area contributed by atoms with E-state index in [1.165, 1.54) is 7.11 Å². The first-order chi connectivity index (χ1) is 12.6. The number of esters is 2. The van der Waals surface area contributed by atoms with Crippen LogP contribution in [0, 0.1) is 11.3 Å². The van der Waals surface area contributed by atoms with Crippen LogP contribution in [0.1, 0.15) is 47.5 Å². The van der Waals surface area contributed by atoms with Crippen molar-refractivity contribution in [1.29, 1.82) is 0 Å². The summed E-state index contributed by atoms with van der Waals surface area (Å²) in [5.74, 6) is -2.49. The van der Waals surface area contributed by atoms with E-state index in [4.69, 9.17) is 14.2 Å². The van der Waals surface area contributed by atoms with Crippen molar-refractivity contribution in [3.63, 3.8) is 0 Å². The van der Waals surface area contributed by atoms with E-state index in [0.29, 0.717) is 35.1 Å². The standard InChI is InChI=1S/C21H26O6/c1-7-11(2)18(23)26-17-16-13(4)19(24)27-21(16,25-6)10-14-15(22)9-8-12(3)20(14,17)5/h7,10,12,17H,8-9H2,1-6H3/b11-7-/t12-,17+,20+,21+/m0/s1. The van der Waals surface area contributed by atoms with Gasteiger partial charge in [0, 0.05) is 35.7 Å². The number of ether oxygens (including phenoxy) is 3. The Morgan fingerprint density at radius 3 is 2.63 bits per heavy atom. The van der Waals surface area contributed by atoms with Crippen molar-refractivity contribution in [1.82, 2.24) is 0 Å². The molecular weight excluding hydrogens is 348 g/mol. The van der Waals surface area contributed by atoms with Gasteiger partial charge in [-0.3, -0.25) is 4.79 Å². The molecule has 0 radical (unpaired) electrons. The highest BCUT2D eigenvalue weighted by Gasteiger charge is 2.63. The highest BCUT2D eigenvalue weighted by molar-refractivity contribution is 6.00. The molecule has 6 heteroatoms. The van der Waals surface area contributed by atoms with Crippen LogP contribution in [0.3, 0.4) is 0 Å². The molecule has 27 heavy (non-hydrogen) atoms. The lowest BCUT2D eigenvalue weighted by atomic mass is 9.56. The van der Waals surface area contributed by atoms with E-state index in [0.717, 1.165) is 0 Å². The van der Waals surface area contributed by atoms with Crippen molar-refractivity contribution in [3.8, 4) is 0 Å². The van der Waals surface area contributed by atoms with Crippen molar-refractivity contribution in [2.24, 2.45) is 11.3 Å². The molecule has 0 aromatic carbocycles. The van der Waals surface area contributed by atoms with Crippen LogP contribution in [0.2, 0.25) is 0 Å². The molecule has 1 aliphatic heterocycles. The highest BCUT2D eigenvalue weighted by Crippen LogP contribution is 2.57. The van der Waals surface area contributed by atoms with Crippen molar-refractivity contribution < 1.29 is 28.6 Å². The number of carbonyl (C=O) groups is 3. The Morgan fingerprint density at radius 2 is 2.04 bits per heavy atom. The number of methoxy groups -OCH3 is 1. The highest BCUT2D eigenvalue weighted by atomic mass is 16.7. The van der Waals surface area contributed by atoms with Crippen molar-refractivity contribution in [3.05, 3.63) is 34.4 Å². The van der Waals surface area contributed by atoms with E-state index in [1.807, 2.05) is 13.8 Å². The van der Waals surface area contributed by atoms with E-state index in [1.54, 1.807) is 32.9 Å². The van der Waals surface area contributed by atoms with Gasteiger partial charge in [0.05, 0.1) is 5.57 Å². The third-order valence-corrected chi connectivity index (χ3v) is 6.46. The average molecular weight is 374 g/mol. The normalized spacial score (nSPS) is 36.1. The molecule has 6 nitrogen and oxygen atoms in total. The van der Waals surface area contributed by atoms with Gasteiger partial charge in [-0.05, 0) is 39.2 Å². The number of fused-ring (bicyclic) bond motifs is 2. The molecule has 1 saturated carbocycles. The molecule has 1 fully saturated rings. The van der Waals surface area contributed by atoms with Gasteiger partial charge in [-0.25, -0.2) is 9.59 Å². The minimum atomic E-state index is -1.50. The maximum Gasteiger partial charge on any atom is 0.337 e. The second-order valence-electron chi connectivity index (χ2n) is 7.76. The minimum absolute atomic E-state index is 0.0320. The Hall–Kier alpha value is -2.21. The fraction of sp³-hybridized carbons (Fsp3) is 0.571. The van der Waals surface area contributed by atoms with E-state index < -0.39 is 29.2 Å². The summed E-state index contributed by atoms with van der Waals surface area (Å²) in [4.78, 5) is 37.8. The minimum Gasteiger partial charge on any atom is -0.453 e. The van der Waals surface area contributed by atoms with Gasteiger partial charge >= 0.3 is 11.9 Å². The number of ketones is 1. The second-order valence-corrected chi connectivity index (χ2v) is 7.76. The molecule has 0 N–H and O–H groups in total. The summed E-state index contributed by atoms with van der Waals surface area (Å²) in [6.45, 7) is 9.02. The van der Waals surface area contributed by atoms with Gasteiger partial charge in [-0.2, -0.15) is 0 Å². The molecule has 3 aliphatic rings. The number of hydrogen-bond donors (Lipinski definition) is 0. The Kier molecular flexibility index (Phi) is 4.67. The molecule has 0 bridgehead atoms. The van der Waals surface area contributed by atoms with E-state index in [2.05, 4.69) is 0 Å². The smallest absolute Gasteiger partial charge is 0.337 e. The first-order valence-electron chi connectivity index (χ1n) is 9.22. The predicted octanol–water partition coefficient (Wildman–Crippen LogP) is 3.03. The Balaban J connectivity index is 2.26. The van der Waals surface area contributed by atoms with Crippen molar-refractivity contribution >= 4 is 17.7 Å². The fourth-order valence-corrected chi connectivity index (χ4v) is 4.31. The number of carbonyl (C=O) groups excluding carboxylic acids is 3. The fourth-order valence-electron chi connectivity index (χ4n) is 4.31. The largest absolute Gasteiger partial charge is 0.453 e. The first kappa shape index (κ1) is 19.5. The molecular formula is C21H26O6. The SMILES string of the molecule is C/C=C(/C)C(=O)O[C@@H]1C2=C(C)C(=O)O[C@]2(OC)C=C2C(=O)CC[C@H](C)[C@]21C. The summed E-state index contributed by atoms with van der Waals surface area (Å²) in [6, 6.07) is 0. The summed E-state index contributed by atoms with van der Waals surface area (Å²) < 4.78 is 17.0. The molecule has 0 unspecified atom stereocenters. The number of rotatable bonds is 3. The van der Waals surface area contributed by atoms with E-state index in [-0.39, 0.29) is 11.7 Å². The molecule has 0 spiro atoms. The van der Waals surface area contributed by atoms with Crippen LogP contribution in [-0.4, -0.2) is 36.7 Å². The van der Waals surface area contributed by atoms with Crippen LogP contribution in [0.25, 0.3) is 0 Å². The summed E-state index contributed by atoms with van der Waals surface area (Å²) >= 11 is 0. The molecule has 0 aromatic heterocycles. The molecule has 3 rings (SSSR count). The lowest BCUT2D eigenvalue weighted by Gasteiger charge is -2.51. The number of hydrogen-bond acceptors (Lipinski definition) is 6. The quantitative estimate of drug-likeness (QED) is 0.558. The van der Waals surface area contributed by atoms with Gasteiger partial charge < -0.3 is 14.2 Å². The predicted molar refractivity (Wildman–Crippen MR) is 97.4 cm³/mol. The topological polar surface area (TPSA) is 78.9 Å². The van der Waals surface area contributed by atoms with Crippen LogP contribution in [0.5, 0.6) is 0 Å². The third-order valence-electron chi connectivity index (χ3n) is 6.46. The van der Waals surface area contributed by atoms with E-state index >= 15 is 0 Å². The second kappa shape index (κ2) is 6.44. The molecule has 146 valence electrons. The summed E-state index contributed by atoms with van der Waals surface area (Å²) in [6.07, 6.45) is 3.54. The molecule has 4 atom stereocenters. The Morgan fingerprint density at radius 1 is 1.37 bits per heavy atom. The average Bonchev–Trinajstić information content (AvgIpc) is 2.90. The van der Waals surface area contributed by atoms with Gasteiger partial charge in [-0.15, -0.1) is 0 Å². The van der Waals surface area contributed by atoms with Crippen molar-refractivity contribution in [2.45, 2.75) is 59.4 Å². The zero-order chi connectivity index (χ0) is 20.1. The summed E-state index contributed by atoms with van der Waals surface area (Å²) in [5, 5.41) is 0. The number of Topliss-reactive ketones (excluding diaryl/α,β-unsaturated/α-hetero) is 1. The van der Waals surface area contributed by atoms with E-state index in [9.17, 15) is 14.4 Å². The van der Waals surface area contributed by atoms with Gasteiger partial charge in [0.15, 0.2) is 5.78 Å². The zero-order valence-corrected chi connectivity index (χ0v) is 16.7. The Bertz CT molecular complexity index is 817. The summed E-state index contributed by atoms with van der Waals surface area (Å²) in [5.41, 5.74) is 1.03. The molecule has 0 saturated heterocycles. The van der Waals surface area contributed by atoms with Crippen LogP contribution in [0.15, 0.2) is 34.4 Å². The zero-order valence-electron chi connectivity index (χ0n) is 16.7. The Labute approximate surface area is 159 Å². The van der Waals surface area contributed by atoms with Gasteiger partial charge in [0.1, 0.15) is 6.10 Å². The maximum atomic E-state index is 12.8. The molecule has 2 aliphatic carbocycles. The van der Waals surface area contributed by atoms with Crippen molar-refractivity contribution in [2.75, 3.05) is 7.11 Å². The maximum absolute atomic E-state index is 12.8. The third kappa shape index (κ3) is 2.61. The monoisotopic (exact) mass is 374 g/mol. The van der Waals surface area contributed by atoms with Crippen LogP contribution >= 0.6 is 0 Å². The van der Waals surface area contributed by atoms with Crippen LogP contribution in [0.4, 0.5) is 0 Å².